The number of carbonyl (C=O) groups excluding carboxylic acids is 3. The van der Waals surface area contributed by atoms with E-state index in [2.05, 4.69) is 118 Å². The second-order valence-electron chi connectivity index (χ2n) is 22.0. The van der Waals surface area contributed by atoms with Crippen LogP contribution in [0.25, 0.3) is 0 Å². The molecule has 0 aromatic rings. The van der Waals surface area contributed by atoms with E-state index in [1.165, 1.54) is 173 Å². The van der Waals surface area contributed by atoms with Crippen molar-refractivity contribution in [2.45, 2.75) is 329 Å². The smallest absolute Gasteiger partial charge is 0.306 e. The zero-order chi connectivity index (χ0) is 56.4. The average Bonchev–Trinajstić information content (AvgIpc) is 3.44. The van der Waals surface area contributed by atoms with Crippen molar-refractivity contribution < 1.29 is 28.6 Å². The molecule has 0 aliphatic carbocycles. The number of rotatable bonds is 60. The van der Waals surface area contributed by atoms with Crippen molar-refractivity contribution in [1.29, 1.82) is 0 Å². The highest BCUT2D eigenvalue weighted by Crippen LogP contribution is 2.17. The van der Waals surface area contributed by atoms with Gasteiger partial charge in [0.1, 0.15) is 13.2 Å². The first-order valence-electron chi connectivity index (χ1n) is 33.2. The van der Waals surface area contributed by atoms with Gasteiger partial charge in [-0.2, -0.15) is 0 Å². The summed E-state index contributed by atoms with van der Waals surface area (Å²) in [5, 5.41) is 0. The summed E-state index contributed by atoms with van der Waals surface area (Å²) in [4.78, 5) is 38.3. The summed E-state index contributed by atoms with van der Waals surface area (Å²) >= 11 is 0. The predicted molar refractivity (Wildman–Crippen MR) is 339 cm³/mol. The van der Waals surface area contributed by atoms with Gasteiger partial charge in [-0.15, -0.1) is 0 Å². The van der Waals surface area contributed by atoms with Gasteiger partial charge in [-0.25, -0.2) is 0 Å². The molecule has 0 heterocycles. The van der Waals surface area contributed by atoms with Crippen LogP contribution < -0.4 is 0 Å². The average molecular weight is 1090 g/mol. The summed E-state index contributed by atoms with van der Waals surface area (Å²) in [7, 11) is 0. The summed E-state index contributed by atoms with van der Waals surface area (Å²) in [6.45, 7) is 6.53. The molecular weight excluding hydrogens is 961 g/mol. The summed E-state index contributed by atoms with van der Waals surface area (Å²) in [6.07, 6.45) is 88.5. The van der Waals surface area contributed by atoms with E-state index in [0.29, 0.717) is 19.3 Å². The molecule has 0 aromatic heterocycles. The number of unbranched alkanes of at least 4 members (excludes halogenated alkanes) is 33. The third-order valence-corrected chi connectivity index (χ3v) is 14.3. The van der Waals surface area contributed by atoms with Crippen LogP contribution >= 0.6 is 0 Å². The van der Waals surface area contributed by atoms with Crippen molar-refractivity contribution in [2.75, 3.05) is 13.2 Å². The lowest BCUT2D eigenvalue weighted by atomic mass is 10.0. The fourth-order valence-electron chi connectivity index (χ4n) is 9.36. The van der Waals surface area contributed by atoms with Gasteiger partial charge in [-0.1, -0.05) is 298 Å². The minimum atomic E-state index is -0.779. The van der Waals surface area contributed by atoms with E-state index < -0.39 is 6.10 Å². The lowest BCUT2D eigenvalue weighted by molar-refractivity contribution is -0.167. The van der Waals surface area contributed by atoms with E-state index in [4.69, 9.17) is 14.2 Å². The van der Waals surface area contributed by atoms with E-state index in [9.17, 15) is 14.4 Å². The third kappa shape index (κ3) is 63.2. The molecule has 78 heavy (non-hydrogen) atoms. The summed E-state index contributed by atoms with van der Waals surface area (Å²) < 4.78 is 16.9. The Morgan fingerprint density at radius 3 is 0.808 bits per heavy atom. The summed E-state index contributed by atoms with van der Waals surface area (Å²) in [5.74, 6) is -0.876. The topological polar surface area (TPSA) is 78.9 Å². The SMILES string of the molecule is CC/C=C\C/C=C\C/C=C\C/C=C\C/C=C\C/C=C\C/C=C\CCCCCCCCCCCCCC(=O)OCC(COC(=O)CCCCCCC/C=C\CCCCCC)OC(=O)CCCCCCCCCCCCCCCC. The number of allylic oxidation sites excluding steroid dienone is 16. The summed E-state index contributed by atoms with van der Waals surface area (Å²) in [6, 6.07) is 0. The van der Waals surface area contributed by atoms with E-state index in [0.717, 1.165) is 109 Å². The molecule has 0 amide bonds. The molecule has 1 atom stereocenters. The maximum Gasteiger partial charge on any atom is 0.306 e. The van der Waals surface area contributed by atoms with Gasteiger partial charge < -0.3 is 14.2 Å². The lowest BCUT2D eigenvalue weighted by Crippen LogP contribution is -2.30. The maximum absolute atomic E-state index is 12.9. The first-order valence-corrected chi connectivity index (χ1v) is 33.2. The molecule has 0 aromatic carbocycles. The molecule has 6 heteroatoms. The van der Waals surface area contributed by atoms with Gasteiger partial charge in [0, 0.05) is 19.3 Å². The molecule has 0 aliphatic heterocycles. The Hall–Kier alpha value is -3.67. The van der Waals surface area contributed by atoms with Gasteiger partial charge in [0.05, 0.1) is 0 Å². The van der Waals surface area contributed by atoms with E-state index in [1.807, 2.05) is 0 Å². The van der Waals surface area contributed by atoms with E-state index in [-0.39, 0.29) is 31.1 Å². The lowest BCUT2D eigenvalue weighted by Gasteiger charge is -2.18. The number of ether oxygens (including phenoxy) is 3. The number of hydrogen-bond donors (Lipinski definition) is 0. The zero-order valence-electron chi connectivity index (χ0n) is 51.4. The Balaban J connectivity index is 4.20. The van der Waals surface area contributed by atoms with E-state index in [1.54, 1.807) is 0 Å². The molecule has 0 N–H and O–H groups in total. The molecule has 1 unspecified atom stereocenters. The molecule has 448 valence electrons. The van der Waals surface area contributed by atoms with Crippen LogP contribution in [-0.2, 0) is 28.6 Å². The van der Waals surface area contributed by atoms with Gasteiger partial charge in [0.25, 0.3) is 0 Å². The van der Waals surface area contributed by atoms with E-state index >= 15 is 0 Å². The van der Waals surface area contributed by atoms with Gasteiger partial charge >= 0.3 is 17.9 Å². The van der Waals surface area contributed by atoms with Crippen LogP contribution in [0.15, 0.2) is 97.2 Å². The number of carbonyl (C=O) groups is 3. The molecule has 0 rings (SSSR count). The van der Waals surface area contributed by atoms with Gasteiger partial charge in [-0.05, 0) is 103 Å². The minimum absolute atomic E-state index is 0.0778. The Bertz CT molecular complexity index is 1530. The molecule has 0 aliphatic rings. The summed E-state index contributed by atoms with van der Waals surface area (Å²) in [5.41, 5.74) is 0. The van der Waals surface area contributed by atoms with Gasteiger partial charge in [0.15, 0.2) is 6.10 Å². The van der Waals surface area contributed by atoms with Crippen molar-refractivity contribution in [3.05, 3.63) is 97.2 Å². The zero-order valence-corrected chi connectivity index (χ0v) is 51.4. The van der Waals surface area contributed by atoms with Crippen molar-refractivity contribution in [3.8, 4) is 0 Å². The Morgan fingerprint density at radius 2 is 0.500 bits per heavy atom. The van der Waals surface area contributed by atoms with Crippen LogP contribution in [0.1, 0.15) is 323 Å². The standard InChI is InChI=1S/C72H124O6/c1-4-7-10-13-16-19-22-25-27-28-29-30-31-32-33-34-35-36-37-38-39-40-41-42-43-44-45-48-50-53-56-59-62-65-71(74)77-68-69(67-76-70(73)64-61-58-55-52-49-46-24-21-18-15-12-9-6-3)78-72(75)66-63-60-57-54-51-47-26-23-20-17-14-11-8-5-2/h7,10,16,19,21,24-25,27,29-30,32-33,35-36,38-39,69H,4-6,8-9,11-15,17-18,20,22-23,26,28,31,34,37,40-68H2,1-3H3/b10-7-,19-16-,24-21-,27-25-,30-29-,33-32-,36-35-,39-38-. The van der Waals surface area contributed by atoms with Gasteiger partial charge in [0.2, 0.25) is 0 Å². The number of hydrogen-bond acceptors (Lipinski definition) is 6. The van der Waals surface area contributed by atoms with Crippen LogP contribution in [0.5, 0.6) is 0 Å². The monoisotopic (exact) mass is 1080 g/mol. The second-order valence-corrected chi connectivity index (χ2v) is 22.0. The van der Waals surface area contributed by atoms with Crippen molar-refractivity contribution in [2.24, 2.45) is 0 Å². The highest BCUT2D eigenvalue weighted by Gasteiger charge is 2.19. The predicted octanol–water partition coefficient (Wildman–Crippen LogP) is 22.8. The second kappa shape index (κ2) is 65.8. The largest absolute Gasteiger partial charge is 0.462 e. The highest BCUT2D eigenvalue weighted by molar-refractivity contribution is 5.71. The molecule has 0 fully saturated rings. The van der Waals surface area contributed by atoms with Crippen molar-refractivity contribution in [3.63, 3.8) is 0 Å². The van der Waals surface area contributed by atoms with Crippen LogP contribution in [0.2, 0.25) is 0 Å². The Kier molecular flexibility index (Phi) is 62.7. The minimum Gasteiger partial charge on any atom is -0.462 e. The van der Waals surface area contributed by atoms with Gasteiger partial charge in [-0.3, -0.25) is 14.4 Å². The molecule has 0 saturated carbocycles. The fraction of sp³-hybridized carbons (Fsp3) is 0.736. The van der Waals surface area contributed by atoms with Crippen LogP contribution in [-0.4, -0.2) is 37.2 Å². The molecule has 0 saturated heterocycles. The number of esters is 3. The molecule has 0 spiro atoms. The Morgan fingerprint density at radius 1 is 0.269 bits per heavy atom. The van der Waals surface area contributed by atoms with Crippen molar-refractivity contribution in [1.82, 2.24) is 0 Å². The third-order valence-electron chi connectivity index (χ3n) is 14.3. The van der Waals surface area contributed by atoms with Crippen LogP contribution in [0.3, 0.4) is 0 Å². The first kappa shape index (κ1) is 74.3. The van der Waals surface area contributed by atoms with Crippen LogP contribution in [0.4, 0.5) is 0 Å². The first-order chi connectivity index (χ1) is 38.5. The fourth-order valence-corrected chi connectivity index (χ4v) is 9.36. The normalized spacial score (nSPS) is 12.7. The molecule has 6 nitrogen and oxygen atoms in total. The molecule has 0 radical (unpaired) electrons. The van der Waals surface area contributed by atoms with Crippen LogP contribution in [0, 0.1) is 0 Å². The molecule has 0 bridgehead atoms. The van der Waals surface area contributed by atoms with Crippen molar-refractivity contribution >= 4 is 17.9 Å². The maximum atomic E-state index is 12.9. The quantitative estimate of drug-likeness (QED) is 0.0261. The highest BCUT2D eigenvalue weighted by atomic mass is 16.6. The molecular formula is C72H124O6. The Labute approximate surface area is 483 Å².